The summed E-state index contributed by atoms with van der Waals surface area (Å²) >= 11 is 0. The van der Waals surface area contributed by atoms with Crippen LogP contribution in [0.5, 0.6) is 0 Å². The van der Waals surface area contributed by atoms with Crippen molar-refractivity contribution in [2.75, 3.05) is 31.9 Å². The Kier molecular flexibility index (Phi) is 4.10. The zero-order chi connectivity index (χ0) is 14.8. The predicted molar refractivity (Wildman–Crippen MR) is 80.5 cm³/mol. The average Bonchev–Trinajstić information content (AvgIpc) is 3.04. The number of amides is 1. The molecule has 0 unspecified atom stereocenters. The number of anilines is 1. The molecule has 1 aromatic rings. The van der Waals surface area contributed by atoms with Crippen LogP contribution in [0.3, 0.4) is 0 Å². The number of hydrogen-bond donors (Lipinski definition) is 1. The minimum Gasteiger partial charge on any atom is -0.396 e. The smallest absolute Gasteiger partial charge is 0.253 e. The fourth-order valence-electron chi connectivity index (χ4n) is 3.38. The lowest BCUT2D eigenvalue weighted by Crippen LogP contribution is -2.45. The van der Waals surface area contributed by atoms with Gasteiger partial charge in [-0.15, -0.1) is 0 Å². The Bertz CT molecular complexity index is 520. The maximum absolute atomic E-state index is 13.5. The molecule has 0 spiro atoms. The van der Waals surface area contributed by atoms with Crippen LogP contribution in [0.1, 0.15) is 36.0 Å². The Balaban J connectivity index is 1.60. The van der Waals surface area contributed by atoms with E-state index in [2.05, 4.69) is 4.90 Å². The number of nitrogen functional groups attached to an aromatic ring is 1. The summed E-state index contributed by atoms with van der Waals surface area (Å²) in [6, 6.07) is 4.91. The Morgan fingerprint density at radius 1 is 1.14 bits per heavy atom. The molecule has 2 heterocycles. The molecule has 1 amide bonds. The van der Waals surface area contributed by atoms with Gasteiger partial charge in [0.15, 0.2) is 0 Å². The third kappa shape index (κ3) is 3.02. The van der Waals surface area contributed by atoms with E-state index in [0.717, 1.165) is 25.9 Å². The Morgan fingerprint density at radius 2 is 1.81 bits per heavy atom. The molecular formula is C16H22FN3O. The van der Waals surface area contributed by atoms with Crippen molar-refractivity contribution >= 4 is 11.6 Å². The molecule has 2 aliphatic heterocycles. The minimum absolute atomic E-state index is 0.0827. The summed E-state index contributed by atoms with van der Waals surface area (Å²) in [5, 5.41) is 0. The third-order valence-corrected chi connectivity index (χ3v) is 4.66. The van der Waals surface area contributed by atoms with Gasteiger partial charge >= 0.3 is 0 Å². The molecule has 0 saturated carbocycles. The summed E-state index contributed by atoms with van der Waals surface area (Å²) in [5.41, 5.74) is 5.92. The molecule has 2 N–H and O–H groups in total. The molecule has 2 saturated heterocycles. The first kappa shape index (κ1) is 14.3. The lowest BCUT2D eigenvalue weighted by Gasteiger charge is -2.36. The maximum atomic E-state index is 13.5. The first-order valence-corrected chi connectivity index (χ1v) is 7.73. The van der Waals surface area contributed by atoms with E-state index in [1.165, 1.54) is 38.1 Å². The van der Waals surface area contributed by atoms with Gasteiger partial charge in [0.2, 0.25) is 0 Å². The van der Waals surface area contributed by atoms with Gasteiger partial charge in [0.05, 0.1) is 5.69 Å². The van der Waals surface area contributed by atoms with Gasteiger partial charge in [-0.1, -0.05) is 0 Å². The molecule has 5 heteroatoms. The van der Waals surface area contributed by atoms with Crippen LogP contribution in [-0.4, -0.2) is 47.9 Å². The molecule has 4 nitrogen and oxygen atoms in total. The van der Waals surface area contributed by atoms with Crippen molar-refractivity contribution in [2.24, 2.45) is 0 Å². The molecular weight excluding hydrogens is 269 g/mol. The Hall–Kier alpha value is -1.62. The van der Waals surface area contributed by atoms with Crippen LogP contribution in [0.25, 0.3) is 0 Å². The van der Waals surface area contributed by atoms with Crippen molar-refractivity contribution in [3.63, 3.8) is 0 Å². The van der Waals surface area contributed by atoms with Gasteiger partial charge in [-0.3, -0.25) is 4.79 Å². The highest BCUT2D eigenvalue weighted by molar-refractivity contribution is 5.94. The van der Waals surface area contributed by atoms with Gasteiger partial charge in [-0.25, -0.2) is 4.39 Å². The molecule has 3 rings (SSSR count). The number of rotatable bonds is 2. The maximum Gasteiger partial charge on any atom is 0.253 e. The standard InChI is InChI=1S/C16H22FN3O/c17-14-11-12(3-4-15(14)18)16(21)20-9-5-13(6-10-20)19-7-1-2-8-19/h3-4,11,13H,1-2,5-10,18H2. The van der Waals surface area contributed by atoms with Crippen molar-refractivity contribution in [1.82, 2.24) is 9.80 Å². The third-order valence-electron chi connectivity index (χ3n) is 4.66. The van der Waals surface area contributed by atoms with Gasteiger partial charge in [-0.2, -0.15) is 0 Å². The SMILES string of the molecule is Nc1ccc(C(=O)N2CCC(N3CCCC3)CC2)cc1F. The monoisotopic (exact) mass is 291 g/mol. The molecule has 0 aliphatic carbocycles. The summed E-state index contributed by atoms with van der Waals surface area (Å²) in [6.45, 7) is 3.90. The molecule has 1 aromatic carbocycles. The van der Waals surface area contributed by atoms with Crippen molar-refractivity contribution in [3.05, 3.63) is 29.6 Å². The Morgan fingerprint density at radius 3 is 2.43 bits per heavy atom. The number of likely N-dealkylation sites (tertiary alicyclic amines) is 2. The summed E-state index contributed by atoms with van der Waals surface area (Å²) < 4.78 is 13.5. The molecule has 21 heavy (non-hydrogen) atoms. The van der Waals surface area contributed by atoms with E-state index in [9.17, 15) is 9.18 Å². The van der Waals surface area contributed by atoms with Gasteiger partial charge in [0.1, 0.15) is 5.82 Å². The van der Waals surface area contributed by atoms with E-state index in [1.54, 1.807) is 6.07 Å². The number of hydrogen-bond acceptors (Lipinski definition) is 3. The fourth-order valence-corrected chi connectivity index (χ4v) is 3.38. The number of carbonyl (C=O) groups excluding carboxylic acids is 1. The Labute approximate surface area is 124 Å². The van der Waals surface area contributed by atoms with Crippen molar-refractivity contribution < 1.29 is 9.18 Å². The van der Waals surface area contributed by atoms with Crippen molar-refractivity contribution in [2.45, 2.75) is 31.7 Å². The second kappa shape index (κ2) is 6.02. The molecule has 0 atom stereocenters. The summed E-state index contributed by atoms with van der Waals surface area (Å²) in [5.74, 6) is -0.610. The second-order valence-corrected chi connectivity index (χ2v) is 6.00. The quantitative estimate of drug-likeness (QED) is 0.849. The van der Waals surface area contributed by atoms with Crippen molar-refractivity contribution in [1.29, 1.82) is 0 Å². The van der Waals surface area contributed by atoms with Gasteiger partial charge in [-0.05, 0) is 57.0 Å². The van der Waals surface area contributed by atoms with Crippen LogP contribution in [-0.2, 0) is 0 Å². The highest BCUT2D eigenvalue weighted by Gasteiger charge is 2.28. The lowest BCUT2D eigenvalue weighted by atomic mass is 10.0. The second-order valence-electron chi connectivity index (χ2n) is 6.00. The highest BCUT2D eigenvalue weighted by Crippen LogP contribution is 2.22. The lowest BCUT2D eigenvalue weighted by molar-refractivity contribution is 0.0644. The molecule has 2 aliphatic rings. The van der Waals surface area contributed by atoms with E-state index in [0.29, 0.717) is 11.6 Å². The van der Waals surface area contributed by atoms with E-state index in [-0.39, 0.29) is 11.6 Å². The van der Waals surface area contributed by atoms with Crippen LogP contribution < -0.4 is 5.73 Å². The number of piperidine rings is 1. The normalized spacial score (nSPS) is 20.9. The predicted octanol–water partition coefficient (Wildman–Crippen LogP) is 2.11. The van der Waals surface area contributed by atoms with Gasteiger partial charge in [0.25, 0.3) is 5.91 Å². The summed E-state index contributed by atoms with van der Waals surface area (Å²) in [7, 11) is 0. The highest BCUT2D eigenvalue weighted by atomic mass is 19.1. The largest absolute Gasteiger partial charge is 0.396 e. The van der Waals surface area contributed by atoms with Crippen LogP contribution in [0.4, 0.5) is 10.1 Å². The van der Waals surface area contributed by atoms with Crippen LogP contribution in [0.2, 0.25) is 0 Å². The molecule has 0 radical (unpaired) electrons. The molecule has 114 valence electrons. The first-order chi connectivity index (χ1) is 10.1. The zero-order valence-corrected chi connectivity index (χ0v) is 12.2. The number of nitrogens with two attached hydrogens (primary N) is 1. The van der Waals surface area contributed by atoms with Crippen LogP contribution >= 0.6 is 0 Å². The van der Waals surface area contributed by atoms with Crippen LogP contribution in [0, 0.1) is 5.82 Å². The minimum atomic E-state index is -0.521. The number of halogens is 1. The topological polar surface area (TPSA) is 49.6 Å². The van der Waals surface area contributed by atoms with E-state index >= 15 is 0 Å². The molecule has 0 bridgehead atoms. The van der Waals surface area contributed by atoms with Gasteiger partial charge < -0.3 is 15.5 Å². The fraction of sp³-hybridized carbons (Fsp3) is 0.562. The molecule has 0 aromatic heterocycles. The summed E-state index contributed by atoms with van der Waals surface area (Å²) in [4.78, 5) is 16.8. The number of nitrogens with zero attached hydrogens (tertiary/aromatic N) is 2. The average molecular weight is 291 g/mol. The summed E-state index contributed by atoms with van der Waals surface area (Å²) in [6.07, 6.45) is 4.63. The number of carbonyl (C=O) groups is 1. The van der Waals surface area contributed by atoms with E-state index < -0.39 is 5.82 Å². The zero-order valence-electron chi connectivity index (χ0n) is 12.2. The van der Waals surface area contributed by atoms with E-state index in [4.69, 9.17) is 5.73 Å². The molecule has 2 fully saturated rings. The van der Waals surface area contributed by atoms with Crippen LogP contribution in [0.15, 0.2) is 18.2 Å². The van der Waals surface area contributed by atoms with E-state index in [1.807, 2.05) is 4.90 Å². The van der Waals surface area contributed by atoms with Crippen molar-refractivity contribution in [3.8, 4) is 0 Å². The first-order valence-electron chi connectivity index (χ1n) is 7.73. The van der Waals surface area contributed by atoms with Gasteiger partial charge in [0, 0.05) is 24.7 Å². The number of benzene rings is 1.